The lowest BCUT2D eigenvalue weighted by atomic mass is 9.96. The number of hydrogen-bond donors (Lipinski definition) is 1. The number of pyridine rings is 1. The highest BCUT2D eigenvalue weighted by Crippen LogP contribution is 2.23. The number of H-pyrrole nitrogens is 1. The third kappa shape index (κ3) is 2.99. The molecule has 2 heterocycles. The van der Waals surface area contributed by atoms with E-state index in [1.807, 2.05) is 24.3 Å². The standard InChI is InChI=1S/C18H19N3O2S/c1-23-14-8-9-16-17(10-14)21-18(20-16)24(22)11-13-7-6-12-4-2-3-5-15(12)19-13/h6-10H,2-5,11H2,1H3,(H,20,21). The van der Waals surface area contributed by atoms with Crippen molar-refractivity contribution in [3.8, 4) is 5.75 Å². The number of nitrogens with one attached hydrogen (secondary N) is 1. The largest absolute Gasteiger partial charge is 0.609 e. The molecular formula is C18H19N3O2S. The lowest BCUT2D eigenvalue weighted by molar-refractivity contribution is 0.415. The van der Waals surface area contributed by atoms with Crippen LogP contribution in [0.25, 0.3) is 11.0 Å². The summed E-state index contributed by atoms with van der Waals surface area (Å²) >= 11 is -1.25. The van der Waals surface area contributed by atoms with Gasteiger partial charge in [-0.05, 0) is 49.4 Å². The normalized spacial score (nSPS) is 15.2. The van der Waals surface area contributed by atoms with Crippen LogP contribution in [-0.2, 0) is 29.8 Å². The molecule has 1 atom stereocenters. The zero-order chi connectivity index (χ0) is 16.5. The summed E-state index contributed by atoms with van der Waals surface area (Å²) in [6.07, 6.45) is 4.57. The molecule has 1 N–H and O–H groups in total. The van der Waals surface area contributed by atoms with Gasteiger partial charge in [0.1, 0.15) is 5.75 Å². The molecule has 0 saturated heterocycles. The summed E-state index contributed by atoms with van der Waals surface area (Å²) in [6.45, 7) is 0. The summed E-state index contributed by atoms with van der Waals surface area (Å²) in [5.41, 5.74) is 5.00. The molecule has 1 aliphatic rings. The molecule has 0 aliphatic heterocycles. The van der Waals surface area contributed by atoms with Crippen LogP contribution < -0.4 is 4.74 Å². The van der Waals surface area contributed by atoms with Crippen molar-refractivity contribution in [1.29, 1.82) is 0 Å². The van der Waals surface area contributed by atoms with Gasteiger partial charge in [-0.15, -0.1) is 0 Å². The quantitative estimate of drug-likeness (QED) is 0.740. The molecule has 6 heteroatoms. The van der Waals surface area contributed by atoms with E-state index in [2.05, 4.69) is 16.0 Å². The minimum absolute atomic E-state index is 0.379. The van der Waals surface area contributed by atoms with Gasteiger partial charge in [0, 0.05) is 22.9 Å². The van der Waals surface area contributed by atoms with Crippen molar-refractivity contribution in [2.75, 3.05) is 7.11 Å². The van der Waals surface area contributed by atoms with Gasteiger partial charge >= 0.3 is 5.16 Å². The van der Waals surface area contributed by atoms with Crippen molar-refractivity contribution < 1.29 is 9.29 Å². The Balaban J connectivity index is 1.56. The van der Waals surface area contributed by atoms with Gasteiger partial charge in [0.15, 0.2) is 5.75 Å². The van der Waals surface area contributed by atoms with Crippen LogP contribution in [0.1, 0.15) is 29.8 Å². The van der Waals surface area contributed by atoms with E-state index in [0.717, 1.165) is 35.3 Å². The zero-order valence-electron chi connectivity index (χ0n) is 13.5. The number of imidazole rings is 1. The monoisotopic (exact) mass is 341 g/mol. The van der Waals surface area contributed by atoms with E-state index in [1.54, 1.807) is 7.11 Å². The van der Waals surface area contributed by atoms with Gasteiger partial charge < -0.3 is 9.29 Å². The predicted octanol–water partition coefficient (Wildman–Crippen LogP) is 3.15. The number of rotatable bonds is 4. The maximum absolute atomic E-state index is 12.7. The van der Waals surface area contributed by atoms with Gasteiger partial charge in [0.25, 0.3) is 0 Å². The van der Waals surface area contributed by atoms with Crippen molar-refractivity contribution in [3.63, 3.8) is 0 Å². The predicted molar refractivity (Wildman–Crippen MR) is 93.6 cm³/mol. The van der Waals surface area contributed by atoms with Crippen LogP contribution in [0.2, 0.25) is 0 Å². The topological polar surface area (TPSA) is 73.9 Å². The van der Waals surface area contributed by atoms with Crippen molar-refractivity contribution in [2.24, 2.45) is 0 Å². The Morgan fingerprint density at radius 1 is 1.17 bits per heavy atom. The molecule has 0 spiro atoms. The van der Waals surface area contributed by atoms with E-state index < -0.39 is 11.2 Å². The number of aryl methyl sites for hydroxylation is 2. The first-order valence-corrected chi connectivity index (χ1v) is 9.44. The Labute approximate surface area is 143 Å². The lowest BCUT2D eigenvalue weighted by Crippen LogP contribution is -2.11. The summed E-state index contributed by atoms with van der Waals surface area (Å²) < 4.78 is 17.9. The van der Waals surface area contributed by atoms with Crippen LogP contribution in [0.4, 0.5) is 0 Å². The minimum Gasteiger partial charge on any atom is -0.609 e. The number of aromatic amines is 1. The molecule has 24 heavy (non-hydrogen) atoms. The van der Waals surface area contributed by atoms with Gasteiger partial charge in [-0.2, -0.15) is 4.98 Å². The van der Waals surface area contributed by atoms with Gasteiger partial charge in [0.2, 0.25) is 0 Å². The molecule has 3 aromatic rings. The molecule has 0 saturated carbocycles. The molecule has 0 fully saturated rings. The third-order valence-electron chi connectivity index (χ3n) is 4.40. The van der Waals surface area contributed by atoms with Crippen molar-refractivity contribution in [1.82, 2.24) is 15.0 Å². The fourth-order valence-corrected chi connectivity index (χ4v) is 4.10. The molecule has 1 aromatic carbocycles. The zero-order valence-corrected chi connectivity index (χ0v) is 14.4. The van der Waals surface area contributed by atoms with Gasteiger partial charge in [-0.3, -0.25) is 9.97 Å². The highest BCUT2D eigenvalue weighted by molar-refractivity contribution is 7.90. The third-order valence-corrected chi connectivity index (χ3v) is 5.58. The maximum Gasteiger partial charge on any atom is 0.322 e. The number of ether oxygens (including phenoxy) is 1. The lowest BCUT2D eigenvalue weighted by Gasteiger charge is -2.15. The van der Waals surface area contributed by atoms with Crippen LogP contribution in [0.3, 0.4) is 0 Å². The first kappa shape index (κ1) is 15.5. The summed E-state index contributed by atoms with van der Waals surface area (Å²) in [6, 6.07) is 9.71. The van der Waals surface area contributed by atoms with Gasteiger partial charge in [0.05, 0.1) is 23.8 Å². The highest BCUT2D eigenvalue weighted by Gasteiger charge is 2.19. The second kappa shape index (κ2) is 6.45. The average Bonchev–Trinajstić information content (AvgIpc) is 3.05. The Bertz CT molecular complexity index is 878. The van der Waals surface area contributed by atoms with E-state index in [9.17, 15) is 4.55 Å². The summed E-state index contributed by atoms with van der Waals surface area (Å²) in [5, 5.41) is 0.484. The van der Waals surface area contributed by atoms with E-state index in [0.29, 0.717) is 10.9 Å². The number of benzene rings is 1. The van der Waals surface area contributed by atoms with Crippen LogP contribution in [0, 0.1) is 0 Å². The number of nitrogens with zero attached hydrogens (tertiary/aromatic N) is 2. The SMILES string of the molecule is COc1ccc2[nH]c([S+]([O-])Cc3ccc4c(n3)CCCC4)nc2c1. The van der Waals surface area contributed by atoms with Crippen LogP contribution in [0.5, 0.6) is 5.75 Å². The number of fused-ring (bicyclic) bond motifs is 2. The Morgan fingerprint density at radius 3 is 2.92 bits per heavy atom. The Kier molecular flexibility index (Phi) is 4.16. The summed E-state index contributed by atoms with van der Waals surface area (Å²) in [5.74, 6) is 1.12. The van der Waals surface area contributed by atoms with Gasteiger partial charge in [-0.25, -0.2) is 0 Å². The fraction of sp³-hybridized carbons (Fsp3) is 0.333. The molecule has 5 nitrogen and oxygen atoms in total. The van der Waals surface area contributed by atoms with Crippen LogP contribution >= 0.6 is 0 Å². The first-order chi connectivity index (χ1) is 11.7. The first-order valence-electron chi connectivity index (χ1n) is 8.13. The number of aromatic nitrogens is 3. The smallest absolute Gasteiger partial charge is 0.322 e. The Hall–Kier alpha value is -2.05. The molecule has 1 aliphatic carbocycles. The summed E-state index contributed by atoms with van der Waals surface area (Å²) in [7, 11) is 1.62. The molecule has 2 aromatic heterocycles. The molecule has 0 bridgehead atoms. The number of methoxy groups -OCH3 is 1. The molecule has 4 rings (SSSR count). The number of hydrogen-bond acceptors (Lipinski definition) is 4. The second-order valence-corrected chi connectivity index (χ2v) is 7.40. The molecule has 0 radical (unpaired) electrons. The molecule has 124 valence electrons. The van der Waals surface area contributed by atoms with Crippen molar-refractivity contribution >= 4 is 22.2 Å². The Morgan fingerprint density at radius 2 is 2.04 bits per heavy atom. The molecule has 0 amide bonds. The van der Waals surface area contributed by atoms with Gasteiger partial charge in [-0.1, -0.05) is 6.07 Å². The van der Waals surface area contributed by atoms with Crippen LogP contribution in [0.15, 0.2) is 35.5 Å². The average molecular weight is 341 g/mol. The van der Waals surface area contributed by atoms with Crippen LogP contribution in [-0.4, -0.2) is 26.6 Å². The van der Waals surface area contributed by atoms with E-state index in [1.165, 1.54) is 24.1 Å². The van der Waals surface area contributed by atoms with Crippen molar-refractivity contribution in [2.45, 2.75) is 36.6 Å². The van der Waals surface area contributed by atoms with E-state index in [-0.39, 0.29) is 0 Å². The fourth-order valence-electron chi connectivity index (χ4n) is 3.11. The minimum atomic E-state index is -1.25. The maximum atomic E-state index is 12.7. The van der Waals surface area contributed by atoms with E-state index >= 15 is 0 Å². The second-order valence-electron chi connectivity index (χ2n) is 6.03. The van der Waals surface area contributed by atoms with E-state index in [4.69, 9.17) is 9.72 Å². The highest BCUT2D eigenvalue weighted by atomic mass is 32.2. The molecular weight excluding hydrogens is 322 g/mol. The van der Waals surface area contributed by atoms with Crippen molar-refractivity contribution in [3.05, 3.63) is 47.3 Å². The summed E-state index contributed by atoms with van der Waals surface area (Å²) in [4.78, 5) is 12.3. The molecule has 1 unspecified atom stereocenters.